The molecule has 0 aromatic heterocycles. The molecule has 0 saturated heterocycles. The molecule has 0 spiro atoms. The minimum atomic E-state index is 0.232. The van der Waals surface area contributed by atoms with Crippen LogP contribution in [0.5, 0.6) is 11.5 Å². The van der Waals surface area contributed by atoms with E-state index in [2.05, 4.69) is 12.2 Å². The van der Waals surface area contributed by atoms with E-state index in [9.17, 15) is 0 Å². The van der Waals surface area contributed by atoms with Gasteiger partial charge in [-0.05, 0) is 12.1 Å². The lowest BCUT2D eigenvalue weighted by Crippen LogP contribution is -2.18. The zero-order valence-electron chi connectivity index (χ0n) is 7.32. The molecule has 0 saturated carbocycles. The smallest absolute Gasteiger partial charge is 0.161 e. The summed E-state index contributed by atoms with van der Waals surface area (Å²) in [5.74, 6) is 1.33. The van der Waals surface area contributed by atoms with Crippen LogP contribution in [-0.2, 0) is 0 Å². The summed E-state index contributed by atoms with van der Waals surface area (Å²) in [6, 6.07) is 7.34. The zero-order valence-corrected chi connectivity index (χ0v) is 8.14. The molecule has 0 fully saturated rings. The van der Waals surface area contributed by atoms with Crippen molar-refractivity contribution in [1.82, 2.24) is 0 Å². The number of benzene rings is 1. The molecule has 1 aromatic carbocycles. The van der Waals surface area contributed by atoms with Gasteiger partial charge in [-0.1, -0.05) is 24.4 Å². The molecule has 1 aromatic rings. The normalized spacial score (nSPS) is 9.31. The van der Waals surface area contributed by atoms with Crippen LogP contribution in [0.4, 0.5) is 0 Å². The van der Waals surface area contributed by atoms with E-state index in [1.165, 1.54) is 0 Å². The Hall–Kier alpha value is -1.29. The second-order valence-corrected chi connectivity index (χ2v) is 2.93. The van der Waals surface area contributed by atoms with Gasteiger partial charge in [0, 0.05) is 0 Å². The van der Waals surface area contributed by atoms with Crippen molar-refractivity contribution in [2.45, 2.75) is 0 Å². The highest BCUT2D eigenvalue weighted by molar-refractivity contribution is 7.80. The molecule has 0 aliphatic rings. The molecule has 1 rings (SSSR count). The van der Waals surface area contributed by atoms with Crippen molar-refractivity contribution in [1.29, 1.82) is 0 Å². The highest BCUT2D eigenvalue weighted by atomic mass is 32.1. The minimum absolute atomic E-state index is 0.232. The zero-order chi connectivity index (χ0) is 9.68. The lowest BCUT2D eigenvalue weighted by atomic mass is 10.3. The maximum atomic E-state index is 5.30. The van der Waals surface area contributed by atoms with Gasteiger partial charge < -0.3 is 15.2 Å². The maximum Gasteiger partial charge on any atom is 0.161 e. The molecule has 0 aliphatic heterocycles. The van der Waals surface area contributed by atoms with E-state index in [1.807, 2.05) is 18.2 Å². The molecule has 0 radical (unpaired) electrons. The largest absolute Gasteiger partial charge is 0.493 e. The summed E-state index contributed by atoms with van der Waals surface area (Å²) in [5.41, 5.74) is 5.30. The Kier molecular flexibility index (Phi) is 3.52. The van der Waals surface area contributed by atoms with Gasteiger partial charge >= 0.3 is 0 Å². The molecule has 0 unspecified atom stereocenters. The van der Waals surface area contributed by atoms with Gasteiger partial charge in [-0.15, -0.1) is 0 Å². The average Bonchev–Trinajstić information content (AvgIpc) is 2.15. The molecule has 70 valence electrons. The van der Waals surface area contributed by atoms with Crippen molar-refractivity contribution < 1.29 is 9.47 Å². The third kappa shape index (κ3) is 2.91. The fourth-order valence-corrected chi connectivity index (χ4v) is 0.946. The SMILES string of the molecule is COc1ccccc1OCC(N)=S. The Morgan fingerprint density at radius 2 is 2.00 bits per heavy atom. The maximum absolute atomic E-state index is 5.30. The van der Waals surface area contributed by atoms with Crippen molar-refractivity contribution in [2.75, 3.05) is 13.7 Å². The Labute approximate surface area is 82.5 Å². The summed E-state index contributed by atoms with van der Waals surface area (Å²) < 4.78 is 10.4. The number of rotatable bonds is 4. The third-order valence-electron chi connectivity index (χ3n) is 1.44. The summed E-state index contributed by atoms with van der Waals surface area (Å²) >= 11 is 4.69. The molecule has 13 heavy (non-hydrogen) atoms. The standard InChI is InChI=1S/C9H11NO2S/c1-11-7-4-2-3-5-8(7)12-6-9(10)13/h2-5H,6H2,1H3,(H2,10,13). The van der Waals surface area contributed by atoms with E-state index in [4.69, 9.17) is 15.2 Å². The molecule has 0 heterocycles. The van der Waals surface area contributed by atoms with Crippen LogP contribution < -0.4 is 15.2 Å². The van der Waals surface area contributed by atoms with Gasteiger partial charge in [0.1, 0.15) is 11.6 Å². The second-order valence-electron chi connectivity index (χ2n) is 2.41. The lowest BCUT2D eigenvalue weighted by Gasteiger charge is -2.08. The Bertz CT molecular complexity index is 301. The molecular formula is C9H11NO2S. The van der Waals surface area contributed by atoms with Crippen LogP contribution in [0.1, 0.15) is 0 Å². The summed E-state index contributed by atoms with van der Waals surface area (Å²) in [6.45, 7) is 0.232. The Balaban J connectivity index is 2.69. The van der Waals surface area contributed by atoms with Crippen LogP contribution in [0.3, 0.4) is 0 Å². The number of hydrogen-bond acceptors (Lipinski definition) is 3. The first kappa shape index (κ1) is 9.80. The van der Waals surface area contributed by atoms with E-state index < -0.39 is 0 Å². The van der Waals surface area contributed by atoms with Crippen molar-refractivity contribution >= 4 is 17.2 Å². The number of nitrogens with two attached hydrogens (primary N) is 1. The van der Waals surface area contributed by atoms with Crippen LogP contribution >= 0.6 is 12.2 Å². The fourth-order valence-electron chi connectivity index (χ4n) is 0.887. The van der Waals surface area contributed by atoms with Crippen molar-refractivity contribution in [3.63, 3.8) is 0 Å². The van der Waals surface area contributed by atoms with Gasteiger partial charge in [-0.3, -0.25) is 0 Å². The molecule has 2 N–H and O–H groups in total. The topological polar surface area (TPSA) is 44.5 Å². The predicted octanol–water partition coefficient (Wildman–Crippen LogP) is 1.36. The van der Waals surface area contributed by atoms with Crippen LogP contribution in [0.15, 0.2) is 24.3 Å². The Morgan fingerprint density at radius 1 is 1.38 bits per heavy atom. The van der Waals surface area contributed by atoms with Crippen molar-refractivity contribution in [2.24, 2.45) is 5.73 Å². The highest BCUT2D eigenvalue weighted by Gasteiger charge is 2.01. The molecule has 3 nitrogen and oxygen atoms in total. The van der Waals surface area contributed by atoms with E-state index in [-0.39, 0.29) is 6.61 Å². The first-order valence-electron chi connectivity index (χ1n) is 3.78. The summed E-state index contributed by atoms with van der Waals surface area (Å²) in [4.78, 5) is 0.325. The summed E-state index contributed by atoms with van der Waals surface area (Å²) in [6.07, 6.45) is 0. The molecule has 0 amide bonds. The van der Waals surface area contributed by atoms with E-state index in [0.717, 1.165) is 0 Å². The van der Waals surface area contributed by atoms with Crippen molar-refractivity contribution in [3.8, 4) is 11.5 Å². The van der Waals surface area contributed by atoms with Crippen molar-refractivity contribution in [3.05, 3.63) is 24.3 Å². The van der Waals surface area contributed by atoms with Gasteiger partial charge in [0.25, 0.3) is 0 Å². The van der Waals surface area contributed by atoms with E-state index in [0.29, 0.717) is 16.5 Å². The highest BCUT2D eigenvalue weighted by Crippen LogP contribution is 2.25. The van der Waals surface area contributed by atoms with Crippen LogP contribution in [0.25, 0.3) is 0 Å². The van der Waals surface area contributed by atoms with Gasteiger partial charge in [0.05, 0.1) is 7.11 Å². The minimum Gasteiger partial charge on any atom is -0.493 e. The van der Waals surface area contributed by atoms with E-state index in [1.54, 1.807) is 13.2 Å². The third-order valence-corrected chi connectivity index (χ3v) is 1.56. The molecule has 0 atom stereocenters. The number of hydrogen-bond donors (Lipinski definition) is 1. The van der Waals surface area contributed by atoms with Gasteiger partial charge in [-0.2, -0.15) is 0 Å². The average molecular weight is 197 g/mol. The van der Waals surface area contributed by atoms with Crippen LogP contribution in [0.2, 0.25) is 0 Å². The first-order chi connectivity index (χ1) is 6.24. The molecule has 4 heteroatoms. The van der Waals surface area contributed by atoms with Gasteiger partial charge in [0.2, 0.25) is 0 Å². The molecule has 0 bridgehead atoms. The Morgan fingerprint density at radius 3 is 2.54 bits per heavy atom. The van der Waals surface area contributed by atoms with Crippen LogP contribution in [-0.4, -0.2) is 18.7 Å². The second kappa shape index (κ2) is 4.67. The monoisotopic (exact) mass is 197 g/mol. The number of thiocarbonyl (C=S) groups is 1. The first-order valence-corrected chi connectivity index (χ1v) is 4.19. The predicted molar refractivity (Wildman–Crippen MR) is 55.3 cm³/mol. The number of para-hydroxylation sites is 2. The fraction of sp³-hybridized carbons (Fsp3) is 0.222. The molecular weight excluding hydrogens is 186 g/mol. The quantitative estimate of drug-likeness (QED) is 0.740. The van der Waals surface area contributed by atoms with E-state index >= 15 is 0 Å². The van der Waals surface area contributed by atoms with Gasteiger partial charge in [0.15, 0.2) is 11.5 Å². The summed E-state index contributed by atoms with van der Waals surface area (Å²) in [7, 11) is 1.59. The number of ether oxygens (including phenoxy) is 2. The van der Waals surface area contributed by atoms with Crippen LogP contribution in [0, 0.1) is 0 Å². The van der Waals surface area contributed by atoms with Gasteiger partial charge in [-0.25, -0.2) is 0 Å². The summed E-state index contributed by atoms with van der Waals surface area (Å²) in [5, 5.41) is 0. The number of methoxy groups -OCH3 is 1. The lowest BCUT2D eigenvalue weighted by molar-refractivity contribution is 0.335. The molecule has 0 aliphatic carbocycles.